The SMILES string of the molecule is CCOC(=O)CCCNC(=O)N1CCC(CC)(C(=O)O)C1. The van der Waals surface area contributed by atoms with Crippen molar-refractivity contribution in [3.63, 3.8) is 0 Å². The summed E-state index contributed by atoms with van der Waals surface area (Å²) in [4.78, 5) is 35.9. The predicted molar refractivity (Wildman–Crippen MR) is 75.8 cm³/mol. The molecule has 0 aromatic rings. The lowest BCUT2D eigenvalue weighted by molar-refractivity contribution is -0.148. The van der Waals surface area contributed by atoms with Gasteiger partial charge in [-0.05, 0) is 26.2 Å². The molecule has 0 aromatic heterocycles. The van der Waals surface area contributed by atoms with Gasteiger partial charge >= 0.3 is 18.0 Å². The fourth-order valence-corrected chi connectivity index (χ4v) is 2.43. The second-order valence-corrected chi connectivity index (χ2v) is 5.25. The van der Waals surface area contributed by atoms with Crippen LogP contribution in [-0.4, -0.2) is 54.2 Å². The lowest BCUT2D eigenvalue weighted by Crippen LogP contribution is -2.42. The third-order valence-electron chi connectivity index (χ3n) is 3.91. The molecule has 0 spiro atoms. The van der Waals surface area contributed by atoms with Gasteiger partial charge < -0.3 is 20.1 Å². The van der Waals surface area contributed by atoms with Crippen LogP contribution >= 0.6 is 0 Å². The number of urea groups is 1. The van der Waals surface area contributed by atoms with Crippen LogP contribution in [0.2, 0.25) is 0 Å². The Balaban J connectivity index is 2.31. The summed E-state index contributed by atoms with van der Waals surface area (Å²) >= 11 is 0. The molecule has 1 atom stereocenters. The number of esters is 1. The zero-order valence-corrected chi connectivity index (χ0v) is 12.7. The van der Waals surface area contributed by atoms with E-state index in [1.54, 1.807) is 6.92 Å². The first-order valence-electron chi connectivity index (χ1n) is 7.37. The maximum atomic E-state index is 11.9. The lowest BCUT2D eigenvalue weighted by Gasteiger charge is -2.23. The molecule has 7 heteroatoms. The minimum absolute atomic E-state index is 0.239. The van der Waals surface area contributed by atoms with Crippen LogP contribution in [0.1, 0.15) is 39.5 Å². The topological polar surface area (TPSA) is 95.9 Å². The Labute approximate surface area is 124 Å². The minimum atomic E-state index is -0.845. The Bertz CT molecular complexity index is 399. The van der Waals surface area contributed by atoms with Crippen LogP contribution in [0.5, 0.6) is 0 Å². The van der Waals surface area contributed by atoms with Crippen LogP contribution < -0.4 is 5.32 Å². The number of rotatable bonds is 7. The van der Waals surface area contributed by atoms with Gasteiger partial charge in [-0.3, -0.25) is 9.59 Å². The smallest absolute Gasteiger partial charge is 0.317 e. The molecule has 0 radical (unpaired) electrons. The Kier molecular flexibility index (Phi) is 6.45. The normalized spacial score (nSPS) is 21.1. The highest BCUT2D eigenvalue weighted by Gasteiger charge is 2.44. The highest BCUT2D eigenvalue weighted by atomic mass is 16.5. The summed E-state index contributed by atoms with van der Waals surface area (Å²) in [7, 11) is 0. The average molecular weight is 300 g/mol. The molecule has 0 bridgehead atoms. The number of carboxylic acid groups (broad SMARTS) is 1. The van der Waals surface area contributed by atoms with Crippen molar-refractivity contribution < 1.29 is 24.2 Å². The summed E-state index contributed by atoms with van der Waals surface area (Å²) in [6.07, 6.45) is 1.77. The summed E-state index contributed by atoms with van der Waals surface area (Å²) in [6.45, 7) is 4.99. The Morgan fingerprint density at radius 2 is 2.05 bits per heavy atom. The first kappa shape index (κ1) is 17.3. The van der Waals surface area contributed by atoms with Crippen LogP contribution in [0.15, 0.2) is 0 Å². The standard InChI is InChI=1S/C14H24N2O5/c1-3-14(12(18)19)7-9-16(10-14)13(20)15-8-5-6-11(17)21-4-2/h3-10H2,1-2H3,(H,15,20)(H,18,19). The third kappa shape index (κ3) is 4.61. The van der Waals surface area contributed by atoms with Crippen LogP contribution in [0.3, 0.4) is 0 Å². The molecule has 7 nitrogen and oxygen atoms in total. The molecule has 1 heterocycles. The Morgan fingerprint density at radius 1 is 1.33 bits per heavy atom. The van der Waals surface area contributed by atoms with Crippen LogP contribution in [0, 0.1) is 5.41 Å². The average Bonchev–Trinajstić information content (AvgIpc) is 2.89. The van der Waals surface area contributed by atoms with Crippen LogP contribution in [0.25, 0.3) is 0 Å². The largest absolute Gasteiger partial charge is 0.481 e. The number of nitrogens with zero attached hydrogens (tertiary/aromatic N) is 1. The number of aliphatic carboxylic acids is 1. The van der Waals surface area contributed by atoms with Crippen LogP contribution in [0.4, 0.5) is 4.79 Å². The van der Waals surface area contributed by atoms with E-state index in [0.29, 0.717) is 39.0 Å². The number of amides is 2. The highest BCUT2D eigenvalue weighted by Crippen LogP contribution is 2.34. The Morgan fingerprint density at radius 3 is 2.57 bits per heavy atom. The molecule has 0 aromatic carbocycles. The monoisotopic (exact) mass is 300 g/mol. The number of likely N-dealkylation sites (tertiary alicyclic amines) is 1. The molecule has 0 aliphatic carbocycles. The van der Waals surface area contributed by atoms with Crippen molar-refractivity contribution in [3.8, 4) is 0 Å². The summed E-state index contributed by atoms with van der Waals surface area (Å²) in [5.74, 6) is -1.12. The van der Waals surface area contributed by atoms with E-state index in [0.717, 1.165) is 0 Å². The number of ether oxygens (including phenoxy) is 1. The summed E-state index contributed by atoms with van der Waals surface area (Å²) in [5, 5.41) is 12.0. The summed E-state index contributed by atoms with van der Waals surface area (Å²) in [5.41, 5.74) is -0.817. The van der Waals surface area contributed by atoms with Crippen molar-refractivity contribution in [2.45, 2.75) is 39.5 Å². The van der Waals surface area contributed by atoms with Gasteiger partial charge in [0.15, 0.2) is 0 Å². The number of hydrogen-bond acceptors (Lipinski definition) is 4. The van der Waals surface area contributed by atoms with Crippen molar-refractivity contribution in [1.29, 1.82) is 0 Å². The zero-order valence-electron chi connectivity index (χ0n) is 12.7. The van der Waals surface area contributed by atoms with Gasteiger partial charge in [-0.25, -0.2) is 4.79 Å². The fraction of sp³-hybridized carbons (Fsp3) is 0.786. The zero-order chi connectivity index (χ0) is 15.9. The van der Waals surface area contributed by atoms with Gasteiger partial charge in [0.1, 0.15) is 0 Å². The van der Waals surface area contributed by atoms with E-state index in [-0.39, 0.29) is 25.0 Å². The maximum absolute atomic E-state index is 11.9. The van der Waals surface area contributed by atoms with Gasteiger partial charge in [0, 0.05) is 26.1 Å². The molecule has 1 saturated heterocycles. The van der Waals surface area contributed by atoms with Crippen molar-refractivity contribution in [2.24, 2.45) is 5.41 Å². The van der Waals surface area contributed by atoms with E-state index in [1.165, 1.54) is 4.90 Å². The number of hydrogen-bond donors (Lipinski definition) is 2. The van der Waals surface area contributed by atoms with Gasteiger partial charge in [-0.2, -0.15) is 0 Å². The molecule has 21 heavy (non-hydrogen) atoms. The summed E-state index contributed by atoms with van der Waals surface area (Å²) in [6, 6.07) is -0.268. The molecule has 2 amide bonds. The molecular weight excluding hydrogens is 276 g/mol. The molecule has 2 N–H and O–H groups in total. The maximum Gasteiger partial charge on any atom is 0.317 e. The second-order valence-electron chi connectivity index (χ2n) is 5.25. The van der Waals surface area contributed by atoms with E-state index in [2.05, 4.69) is 5.32 Å². The van der Waals surface area contributed by atoms with Gasteiger partial charge in [0.05, 0.1) is 12.0 Å². The molecule has 1 unspecified atom stereocenters. The predicted octanol–water partition coefficient (Wildman–Crippen LogP) is 1.23. The molecule has 1 aliphatic rings. The van der Waals surface area contributed by atoms with E-state index in [1.807, 2.05) is 6.92 Å². The summed E-state index contributed by atoms with van der Waals surface area (Å²) < 4.78 is 4.79. The van der Waals surface area contributed by atoms with Gasteiger partial charge in [-0.15, -0.1) is 0 Å². The lowest BCUT2D eigenvalue weighted by atomic mass is 9.84. The Hall–Kier alpha value is -1.79. The fourth-order valence-electron chi connectivity index (χ4n) is 2.43. The van der Waals surface area contributed by atoms with Gasteiger partial charge in [0.2, 0.25) is 0 Å². The van der Waals surface area contributed by atoms with Crippen molar-refractivity contribution in [1.82, 2.24) is 10.2 Å². The molecule has 120 valence electrons. The minimum Gasteiger partial charge on any atom is -0.481 e. The third-order valence-corrected chi connectivity index (χ3v) is 3.91. The molecule has 0 saturated carbocycles. The van der Waals surface area contributed by atoms with Crippen molar-refractivity contribution >= 4 is 18.0 Å². The second kappa shape index (κ2) is 7.85. The van der Waals surface area contributed by atoms with Crippen molar-refractivity contribution in [2.75, 3.05) is 26.2 Å². The number of nitrogens with one attached hydrogen (secondary N) is 1. The van der Waals surface area contributed by atoms with E-state index < -0.39 is 11.4 Å². The number of carbonyl (C=O) groups is 3. The number of carbonyl (C=O) groups excluding carboxylic acids is 2. The van der Waals surface area contributed by atoms with Gasteiger partial charge in [-0.1, -0.05) is 6.92 Å². The quantitative estimate of drug-likeness (QED) is 0.544. The number of carboxylic acids is 1. The first-order valence-corrected chi connectivity index (χ1v) is 7.37. The molecule has 1 aliphatic heterocycles. The van der Waals surface area contributed by atoms with Gasteiger partial charge in [0.25, 0.3) is 0 Å². The molecular formula is C14H24N2O5. The highest BCUT2D eigenvalue weighted by molar-refractivity contribution is 5.79. The van der Waals surface area contributed by atoms with Crippen molar-refractivity contribution in [3.05, 3.63) is 0 Å². The van der Waals surface area contributed by atoms with E-state index in [4.69, 9.17) is 4.74 Å². The first-order chi connectivity index (χ1) is 9.95. The van der Waals surface area contributed by atoms with Crippen LogP contribution in [-0.2, 0) is 14.3 Å². The van der Waals surface area contributed by atoms with E-state index >= 15 is 0 Å². The van der Waals surface area contributed by atoms with E-state index in [9.17, 15) is 19.5 Å². The molecule has 1 rings (SSSR count). The molecule has 1 fully saturated rings.